The summed E-state index contributed by atoms with van der Waals surface area (Å²) in [7, 11) is 0. The van der Waals surface area contributed by atoms with E-state index in [4.69, 9.17) is 18.9 Å². The van der Waals surface area contributed by atoms with Crippen LogP contribution in [0.15, 0.2) is 54.3 Å². The van der Waals surface area contributed by atoms with Crippen molar-refractivity contribution in [3.05, 3.63) is 59.9 Å². The Labute approximate surface area is 211 Å². The van der Waals surface area contributed by atoms with Gasteiger partial charge in [0.1, 0.15) is 24.1 Å². The van der Waals surface area contributed by atoms with Gasteiger partial charge in [0.2, 0.25) is 12.6 Å². The maximum absolute atomic E-state index is 12.5. The molecule has 0 radical (unpaired) electrons. The fraction of sp³-hybridized carbons (Fsp3) is 0.440. The van der Waals surface area contributed by atoms with Crippen molar-refractivity contribution in [3.63, 3.8) is 0 Å². The van der Waals surface area contributed by atoms with Gasteiger partial charge in [-0.2, -0.15) is 0 Å². The summed E-state index contributed by atoms with van der Waals surface area (Å²) < 4.78 is 22.3. The first-order chi connectivity index (χ1) is 17.6. The Kier molecular flexibility index (Phi) is 7.97. The lowest BCUT2D eigenvalue weighted by Crippen LogP contribution is -2.61. The van der Waals surface area contributed by atoms with Gasteiger partial charge in [-0.1, -0.05) is 18.7 Å². The summed E-state index contributed by atoms with van der Waals surface area (Å²) in [5, 5.41) is 59.7. The molecule has 0 spiro atoms. The zero-order valence-electron chi connectivity index (χ0n) is 19.5. The molecule has 1 saturated heterocycles. The number of aromatic hydroxyl groups is 1. The zero-order valence-corrected chi connectivity index (χ0v) is 19.5. The van der Waals surface area contributed by atoms with Crippen LogP contribution < -0.4 is 0 Å². The number of phenols is 1. The summed E-state index contributed by atoms with van der Waals surface area (Å²) in [4.78, 5) is 24.2. The molecule has 200 valence electrons. The summed E-state index contributed by atoms with van der Waals surface area (Å²) in [6.45, 7) is 3.14. The van der Waals surface area contributed by atoms with Gasteiger partial charge >= 0.3 is 11.9 Å². The second kappa shape index (κ2) is 11.0. The molecule has 1 aromatic rings. The number of hydrogen-bond donors (Lipinski definition) is 6. The van der Waals surface area contributed by atoms with E-state index in [0.717, 1.165) is 12.3 Å². The fourth-order valence-corrected chi connectivity index (χ4v) is 4.69. The van der Waals surface area contributed by atoms with Crippen LogP contribution in [0.25, 0.3) is 6.08 Å². The first-order valence-electron chi connectivity index (χ1n) is 11.5. The van der Waals surface area contributed by atoms with Gasteiger partial charge in [-0.3, -0.25) is 0 Å². The third kappa shape index (κ3) is 5.54. The Balaban J connectivity index is 1.54. The van der Waals surface area contributed by atoms with Gasteiger partial charge in [0.25, 0.3) is 0 Å². The molecule has 2 heterocycles. The van der Waals surface area contributed by atoms with Crippen LogP contribution in [-0.2, 0) is 28.5 Å². The standard InChI is InChI=1S/C25H28O12/c1-11-16(28)8-14-15(23(32)33)10-34-24(19(11)14)37-25-22(21(31)20(30)17(9-26)35-25)36-18(29)7-4-12-2-5-13(27)6-3-12/h2-7,10,14,16-17,19-22,24-28,30-31H,1,8-9H2,(H,32,33). The number of ether oxygens (including phenoxy) is 4. The number of phenolic OH excluding ortho intramolecular Hbond substituents is 1. The topological polar surface area (TPSA) is 192 Å². The Morgan fingerprint density at radius 2 is 1.81 bits per heavy atom. The molecule has 4 rings (SSSR count). The van der Waals surface area contributed by atoms with Gasteiger partial charge in [-0.05, 0) is 35.8 Å². The number of fused-ring (bicyclic) bond motifs is 1. The molecule has 12 nitrogen and oxygen atoms in total. The average Bonchev–Trinajstić information content (AvgIpc) is 3.17. The molecule has 1 saturated carbocycles. The molecule has 1 aromatic carbocycles. The van der Waals surface area contributed by atoms with Crippen molar-refractivity contribution in [3.8, 4) is 5.75 Å². The lowest BCUT2D eigenvalue weighted by atomic mass is 9.85. The summed E-state index contributed by atoms with van der Waals surface area (Å²) in [6.07, 6.45) is -6.44. The number of hydrogen-bond acceptors (Lipinski definition) is 11. The number of aliphatic hydroxyl groups excluding tert-OH is 4. The van der Waals surface area contributed by atoms with Crippen LogP contribution in [0.5, 0.6) is 5.75 Å². The third-order valence-electron chi connectivity index (χ3n) is 6.69. The monoisotopic (exact) mass is 520 g/mol. The maximum Gasteiger partial charge on any atom is 0.334 e. The predicted molar refractivity (Wildman–Crippen MR) is 123 cm³/mol. The molecule has 9 unspecified atom stereocenters. The van der Waals surface area contributed by atoms with Crippen molar-refractivity contribution in [2.75, 3.05) is 6.61 Å². The molecule has 3 aliphatic rings. The summed E-state index contributed by atoms with van der Waals surface area (Å²) in [5.41, 5.74) is 0.782. The van der Waals surface area contributed by atoms with Crippen LogP contribution in [-0.4, -0.2) is 92.3 Å². The SMILES string of the molecule is C=C1C(O)CC2C(C(=O)O)=COC(OC3OC(CO)C(O)C(O)C3OC(=O)C=Cc3ccc(O)cc3)C12. The molecule has 0 amide bonds. The first-order valence-corrected chi connectivity index (χ1v) is 11.5. The normalized spacial score (nSPS) is 35.5. The molecule has 1 aliphatic carbocycles. The minimum Gasteiger partial charge on any atom is -0.508 e. The van der Waals surface area contributed by atoms with Crippen LogP contribution >= 0.6 is 0 Å². The lowest BCUT2D eigenvalue weighted by molar-refractivity contribution is -0.340. The Morgan fingerprint density at radius 1 is 1.11 bits per heavy atom. The second-order valence-electron chi connectivity index (χ2n) is 9.01. The van der Waals surface area contributed by atoms with E-state index in [2.05, 4.69) is 6.58 Å². The molecule has 37 heavy (non-hydrogen) atoms. The summed E-state index contributed by atoms with van der Waals surface area (Å²) in [5.74, 6) is -3.57. The Morgan fingerprint density at radius 3 is 2.46 bits per heavy atom. The first kappa shape index (κ1) is 26.8. The second-order valence-corrected chi connectivity index (χ2v) is 9.01. The smallest absolute Gasteiger partial charge is 0.334 e. The van der Waals surface area contributed by atoms with Gasteiger partial charge in [-0.25, -0.2) is 9.59 Å². The van der Waals surface area contributed by atoms with Crippen LogP contribution in [0.4, 0.5) is 0 Å². The highest BCUT2D eigenvalue weighted by Gasteiger charge is 2.53. The number of benzene rings is 1. The highest BCUT2D eigenvalue weighted by Crippen LogP contribution is 2.46. The van der Waals surface area contributed by atoms with E-state index < -0.39 is 73.5 Å². The molecule has 0 aromatic heterocycles. The molecule has 2 aliphatic heterocycles. The molecular formula is C25H28O12. The molecular weight excluding hydrogens is 492 g/mol. The van der Waals surface area contributed by atoms with Crippen LogP contribution in [0.2, 0.25) is 0 Å². The van der Waals surface area contributed by atoms with Crippen molar-refractivity contribution < 1.29 is 59.2 Å². The predicted octanol–water partition coefficient (Wildman–Crippen LogP) is -0.349. The number of aliphatic hydroxyl groups is 4. The lowest BCUT2D eigenvalue weighted by Gasteiger charge is -2.43. The van der Waals surface area contributed by atoms with Crippen molar-refractivity contribution >= 4 is 18.0 Å². The summed E-state index contributed by atoms with van der Waals surface area (Å²) >= 11 is 0. The van der Waals surface area contributed by atoms with E-state index in [0.29, 0.717) is 5.56 Å². The van der Waals surface area contributed by atoms with E-state index in [9.17, 15) is 40.2 Å². The highest BCUT2D eigenvalue weighted by molar-refractivity contribution is 5.88. The number of rotatable bonds is 7. The number of esters is 1. The van der Waals surface area contributed by atoms with E-state index in [1.165, 1.54) is 18.2 Å². The largest absolute Gasteiger partial charge is 0.508 e. The molecule has 6 N–H and O–H groups in total. The average molecular weight is 520 g/mol. The van der Waals surface area contributed by atoms with Gasteiger partial charge < -0.3 is 49.6 Å². The van der Waals surface area contributed by atoms with E-state index in [1.54, 1.807) is 12.1 Å². The Bertz CT molecular complexity index is 1080. The fourth-order valence-electron chi connectivity index (χ4n) is 4.69. The van der Waals surface area contributed by atoms with Crippen LogP contribution in [0.3, 0.4) is 0 Å². The number of carboxylic acid groups (broad SMARTS) is 1. The Hall–Kier alpha value is -3.26. The van der Waals surface area contributed by atoms with Gasteiger partial charge in [0.05, 0.1) is 30.5 Å². The zero-order chi connectivity index (χ0) is 26.9. The van der Waals surface area contributed by atoms with E-state index in [-0.39, 0.29) is 23.3 Å². The maximum atomic E-state index is 12.5. The van der Waals surface area contributed by atoms with Crippen LogP contribution in [0, 0.1) is 11.8 Å². The molecule has 12 heteroatoms. The van der Waals surface area contributed by atoms with Crippen molar-refractivity contribution in [1.82, 2.24) is 0 Å². The molecule has 2 fully saturated rings. The number of carbonyl (C=O) groups excluding carboxylic acids is 1. The van der Waals surface area contributed by atoms with E-state index in [1.807, 2.05) is 0 Å². The van der Waals surface area contributed by atoms with Crippen LogP contribution in [0.1, 0.15) is 12.0 Å². The number of carbonyl (C=O) groups is 2. The number of aliphatic carboxylic acids is 1. The van der Waals surface area contributed by atoms with Crippen molar-refractivity contribution in [2.45, 2.75) is 49.5 Å². The summed E-state index contributed by atoms with van der Waals surface area (Å²) in [6, 6.07) is 5.96. The van der Waals surface area contributed by atoms with Crippen molar-refractivity contribution in [2.24, 2.45) is 11.8 Å². The minimum absolute atomic E-state index is 0.0459. The van der Waals surface area contributed by atoms with Gasteiger partial charge in [0, 0.05) is 12.0 Å². The quantitative estimate of drug-likeness (QED) is 0.156. The van der Waals surface area contributed by atoms with Gasteiger partial charge in [0.15, 0.2) is 6.10 Å². The van der Waals surface area contributed by atoms with E-state index >= 15 is 0 Å². The number of carboxylic acids is 1. The molecule has 0 bridgehead atoms. The highest BCUT2D eigenvalue weighted by atomic mass is 16.8. The molecule has 9 atom stereocenters. The van der Waals surface area contributed by atoms with Crippen molar-refractivity contribution in [1.29, 1.82) is 0 Å². The van der Waals surface area contributed by atoms with Gasteiger partial charge in [-0.15, -0.1) is 0 Å². The minimum atomic E-state index is -1.72. The third-order valence-corrected chi connectivity index (χ3v) is 6.69.